The molecule has 9 heteroatoms. The van der Waals surface area contributed by atoms with E-state index in [-0.39, 0.29) is 40.1 Å². The van der Waals surface area contributed by atoms with Crippen LogP contribution >= 0.6 is 0 Å². The van der Waals surface area contributed by atoms with Crippen molar-refractivity contribution < 1.29 is 23.5 Å². The number of ether oxygens (including phenoxy) is 2. The number of Topliss-reactive ketones (excluding diaryl/α,β-unsaturated/α-hetero) is 1. The lowest BCUT2D eigenvalue weighted by Gasteiger charge is -2.37. The highest BCUT2D eigenvalue weighted by atomic mass is 16.5. The number of nitrogens with two attached hydrogens (primary N) is 3. The highest BCUT2D eigenvalue weighted by Crippen LogP contribution is 2.48. The zero-order valence-corrected chi connectivity index (χ0v) is 17.6. The van der Waals surface area contributed by atoms with Crippen molar-refractivity contribution in [1.29, 1.82) is 0 Å². The van der Waals surface area contributed by atoms with Gasteiger partial charge < -0.3 is 25.4 Å². The number of anilines is 1. The Morgan fingerprint density at radius 3 is 2.47 bits per heavy atom. The number of ketones is 1. The molecule has 9 nitrogen and oxygen atoms in total. The van der Waals surface area contributed by atoms with Crippen LogP contribution in [0, 0.1) is 12.8 Å². The zero-order valence-electron chi connectivity index (χ0n) is 17.6. The first-order valence-electron chi connectivity index (χ1n) is 9.97. The number of aryl methyl sites for hydroxylation is 1. The van der Waals surface area contributed by atoms with Crippen molar-refractivity contribution in [3.8, 4) is 11.5 Å². The summed E-state index contributed by atoms with van der Waals surface area (Å²) >= 11 is 0. The van der Waals surface area contributed by atoms with Crippen molar-refractivity contribution in [2.24, 2.45) is 17.4 Å². The van der Waals surface area contributed by atoms with Crippen LogP contribution in [-0.2, 0) is 4.79 Å². The number of nitrogen functional groups attached to an aromatic ring is 1. The molecule has 166 valence electrons. The normalized spacial score (nSPS) is 19.8. The molecule has 3 aromatic rings. The Balaban J connectivity index is 1.92. The highest BCUT2D eigenvalue weighted by molar-refractivity contribution is 5.98. The molecule has 0 aliphatic carbocycles. The van der Waals surface area contributed by atoms with Crippen molar-refractivity contribution in [3.05, 3.63) is 63.5 Å². The maximum atomic E-state index is 13.1. The van der Waals surface area contributed by atoms with Gasteiger partial charge in [-0.15, -0.1) is 0 Å². The number of benzene rings is 2. The molecule has 0 fully saturated rings. The number of amides is 1. The Morgan fingerprint density at radius 1 is 1.16 bits per heavy atom. The van der Waals surface area contributed by atoms with Gasteiger partial charge in [-0.1, -0.05) is 0 Å². The van der Waals surface area contributed by atoms with Gasteiger partial charge in [-0.2, -0.15) is 0 Å². The number of hydrogen-bond acceptors (Lipinski definition) is 8. The second-order valence-electron chi connectivity index (χ2n) is 7.78. The second kappa shape index (κ2) is 8.01. The molecule has 1 amide bonds. The third kappa shape index (κ3) is 3.56. The van der Waals surface area contributed by atoms with E-state index >= 15 is 0 Å². The van der Waals surface area contributed by atoms with E-state index in [1.807, 2.05) is 0 Å². The molecule has 2 heterocycles. The fraction of sp³-hybridized carbons (Fsp3) is 0.261. The third-order valence-corrected chi connectivity index (χ3v) is 5.69. The summed E-state index contributed by atoms with van der Waals surface area (Å²) in [5, 5.41) is 0.184. The van der Waals surface area contributed by atoms with Crippen molar-refractivity contribution in [1.82, 2.24) is 0 Å². The lowest BCUT2D eigenvalue weighted by atomic mass is 9.77. The standard InChI is InChI=1S/C23H23N3O6/c1-10-7-15(28)20-17(31-10)9-16-18(21(20)30-2)13(19(22(25)29)23(26)32-16)8-14(27)11-3-5-12(24)6-4-11/h3-7,9,13,19,23H,8,24,26H2,1-2H3,(H2,25,29). The smallest absolute Gasteiger partial charge is 0.226 e. The molecule has 0 radical (unpaired) electrons. The Labute approximate surface area is 183 Å². The minimum absolute atomic E-state index is 0.110. The van der Waals surface area contributed by atoms with E-state index in [1.54, 1.807) is 31.2 Å². The van der Waals surface area contributed by atoms with Gasteiger partial charge in [-0.3, -0.25) is 20.1 Å². The van der Waals surface area contributed by atoms with E-state index in [0.29, 0.717) is 22.6 Å². The molecule has 1 aromatic heterocycles. The SMILES string of the molecule is COc1c2c(cc3oc(C)cc(=O)c13)OC(N)C(C(N)=O)C2CC(=O)c1ccc(N)cc1. The van der Waals surface area contributed by atoms with Crippen LogP contribution in [0.3, 0.4) is 0 Å². The largest absolute Gasteiger partial charge is 0.495 e. The molecule has 32 heavy (non-hydrogen) atoms. The van der Waals surface area contributed by atoms with Gasteiger partial charge in [0, 0.05) is 41.3 Å². The summed E-state index contributed by atoms with van der Waals surface area (Å²) < 4.78 is 17.0. The first-order valence-corrected chi connectivity index (χ1v) is 9.97. The molecule has 3 unspecified atom stereocenters. The van der Waals surface area contributed by atoms with Crippen LogP contribution in [0.2, 0.25) is 0 Å². The number of hydrogen-bond donors (Lipinski definition) is 3. The average Bonchev–Trinajstić information content (AvgIpc) is 2.71. The highest BCUT2D eigenvalue weighted by Gasteiger charge is 2.44. The molecule has 6 N–H and O–H groups in total. The third-order valence-electron chi connectivity index (χ3n) is 5.69. The topological polar surface area (TPSA) is 161 Å². The molecule has 0 saturated heterocycles. The predicted molar refractivity (Wildman–Crippen MR) is 118 cm³/mol. The minimum Gasteiger partial charge on any atom is -0.495 e. The molecule has 4 rings (SSSR count). The molecule has 0 saturated carbocycles. The summed E-state index contributed by atoms with van der Waals surface area (Å²) in [7, 11) is 1.39. The summed E-state index contributed by atoms with van der Waals surface area (Å²) in [5.74, 6) is -1.94. The minimum atomic E-state index is -1.09. The van der Waals surface area contributed by atoms with Crippen LogP contribution in [0.5, 0.6) is 11.5 Å². The lowest BCUT2D eigenvalue weighted by molar-refractivity contribution is -0.126. The predicted octanol–water partition coefficient (Wildman–Crippen LogP) is 1.83. The number of carbonyl (C=O) groups is 2. The number of carbonyl (C=O) groups excluding carboxylic acids is 2. The number of methoxy groups -OCH3 is 1. The molecule has 1 aliphatic rings. The summed E-state index contributed by atoms with van der Waals surface area (Å²) in [6, 6.07) is 9.30. The Bertz CT molecular complexity index is 1280. The summed E-state index contributed by atoms with van der Waals surface area (Å²) in [6.45, 7) is 1.65. The van der Waals surface area contributed by atoms with E-state index in [0.717, 1.165) is 0 Å². The van der Waals surface area contributed by atoms with E-state index < -0.39 is 24.0 Å². The van der Waals surface area contributed by atoms with Crippen molar-refractivity contribution >= 4 is 28.3 Å². The zero-order chi connectivity index (χ0) is 23.2. The van der Waals surface area contributed by atoms with Crippen LogP contribution in [0.4, 0.5) is 5.69 Å². The van der Waals surface area contributed by atoms with Gasteiger partial charge in [-0.05, 0) is 31.2 Å². The van der Waals surface area contributed by atoms with Crippen LogP contribution < -0.4 is 32.1 Å². The first kappa shape index (κ1) is 21.4. The Kier molecular flexibility index (Phi) is 5.35. The van der Waals surface area contributed by atoms with Crippen LogP contribution in [0.25, 0.3) is 11.0 Å². The maximum Gasteiger partial charge on any atom is 0.226 e. The van der Waals surface area contributed by atoms with Crippen molar-refractivity contribution in [2.45, 2.75) is 25.5 Å². The Morgan fingerprint density at radius 2 is 1.84 bits per heavy atom. The van der Waals surface area contributed by atoms with Crippen LogP contribution in [0.15, 0.2) is 45.6 Å². The molecule has 3 atom stereocenters. The molecule has 0 spiro atoms. The number of rotatable bonds is 5. The monoisotopic (exact) mass is 437 g/mol. The average molecular weight is 437 g/mol. The second-order valence-corrected chi connectivity index (χ2v) is 7.78. The summed E-state index contributed by atoms with van der Waals surface area (Å²) in [5.41, 5.74) is 18.7. The lowest BCUT2D eigenvalue weighted by Crippen LogP contribution is -2.49. The Hall–Kier alpha value is -3.85. The molecular formula is C23H23N3O6. The molecule has 2 aromatic carbocycles. The maximum absolute atomic E-state index is 13.1. The van der Waals surface area contributed by atoms with E-state index in [1.165, 1.54) is 19.2 Å². The fourth-order valence-electron chi connectivity index (χ4n) is 4.27. The number of primary amides is 1. The van der Waals surface area contributed by atoms with Gasteiger partial charge in [0.1, 0.15) is 28.2 Å². The van der Waals surface area contributed by atoms with Gasteiger partial charge in [0.2, 0.25) is 5.91 Å². The van der Waals surface area contributed by atoms with E-state index in [2.05, 4.69) is 0 Å². The fourth-order valence-corrected chi connectivity index (χ4v) is 4.27. The van der Waals surface area contributed by atoms with Crippen molar-refractivity contribution in [2.75, 3.05) is 12.8 Å². The quantitative estimate of drug-likeness (QED) is 0.402. The van der Waals surface area contributed by atoms with Gasteiger partial charge in [0.25, 0.3) is 0 Å². The van der Waals surface area contributed by atoms with E-state index in [4.69, 9.17) is 31.1 Å². The van der Waals surface area contributed by atoms with Gasteiger partial charge in [0.15, 0.2) is 17.4 Å². The summed E-state index contributed by atoms with van der Waals surface area (Å²) in [6.07, 6.45) is -1.21. The van der Waals surface area contributed by atoms with Crippen LogP contribution in [0.1, 0.15) is 34.0 Å². The van der Waals surface area contributed by atoms with Gasteiger partial charge >= 0.3 is 0 Å². The van der Waals surface area contributed by atoms with Crippen LogP contribution in [-0.4, -0.2) is 25.0 Å². The summed E-state index contributed by atoms with van der Waals surface area (Å²) in [4.78, 5) is 38.2. The molecule has 0 bridgehead atoms. The molecular weight excluding hydrogens is 414 g/mol. The van der Waals surface area contributed by atoms with Gasteiger partial charge in [-0.25, -0.2) is 0 Å². The van der Waals surface area contributed by atoms with Gasteiger partial charge in [0.05, 0.1) is 13.0 Å². The van der Waals surface area contributed by atoms with E-state index in [9.17, 15) is 14.4 Å². The first-order chi connectivity index (χ1) is 15.2. The molecule has 1 aliphatic heterocycles. The van der Waals surface area contributed by atoms with Crippen molar-refractivity contribution in [3.63, 3.8) is 0 Å². The number of fused-ring (bicyclic) bond motifs is 2.